The molecular formula is C15H21N5O2S. The van der Waals surface area contributed by atoms with Crippen LogP contribution in [0.25, 0.3) is 0 Å². The number of amides is 2. The zero-order chi connectivity index (χ0) is 16.2. The number of carbonyl (C=O) groups excluding carboxylic acids is 2. The highest BCUT2D eigenvalue weighted by atomic mass is 32.2. The largest absolute Gasteiger partial charge is 0.350 e. The van der Waals surface area contributed by atoms with Crippen molar-refractivity contribution in [1.29, 1.82) is 0 Å². The van der Waals surface area contributed by atoms with E-state index in [0.717, 1.165) is 30.9 Å². The van der Waals surface area contributed by atoms with Crippen LogP contribution < -0.4 is 5.32 Å². The molecule has 0 unspecified atom stereocenters. The van der Waals surface area contributed by atoms with Crippen molar-refractivity contribution in [2.45, 2.75) is 63.0 Å². The van der Waals surface area contributed by atoms with Crippen LogP contribution >= 0.6 is 11.8 Å². The van der Waals surface area contributed by atoms with E-state index < -0.39 is 0 Å². The molecule has 0 saturated carbocycles. The molecule has 0 aliphatic carbocycles. The molecule has 1 N–H and O–H groups in total. The van der Waals surface area contributed by atoms with Crippen molar-refractivity contribution < 1.29 is 9.59 Å². The Morgan fingerprint density at radius 3 is 3.04 bits per heavy atom. The third kappa shape index (κ3) is 2.34. The number of rotatable bonds is 2. The summed E-state index contributed by atoms with van der Waals surface area (Å²) in [6.45, 7) is 4.72. The third-order valence-electron chi connectivity index (χ3n) is 5.23. The number of thioether (sulfide) groups is 1. The van der Waals surface area contributed by atoms with E-state index in [1.165, 1.54) is 0 Å². The van der Waals surface area contributed by atoms with Crippen molar-refractivity contribution >= 4 is 23.6 Å². The average Bonchev–Trinajstić information content (AvgIpc) is 3.14. The van der Waals surface area contributed by atoms with Gasteiger partial charge in [0.15, 0.2) is 0 Å². The molecule has 2 saturated heterocycles. The van der Waals surface area contributed by atoms with Crippen LogP contribution in [0.5, 0.6) is 0 Å². The molecule has 0 bridgehead atoms. The fourth-order valence-corrected chi connectivity index (χ4v) is 5.32. The number of fused-ring (bicyclic) bond motifs is 2. The van der Waals surface area contributed by atoms with Gasteiger partial charge in [0.2, 0.25) is 11.8 Å². The Balaban J connectivity index is 1.45. The normalized spacial score (nSPS) is 32.8. The van der Waals surface area contributed by atoms with Gasteiger partial charge in [-0.1, -0.05) is 0 Å². The van der Waals surface area contributed by atoms with Gasteiger partial charge >= 0.3 is 0 Å². The van der Waals surface area contributed by atoms with E-state index in [1.54, 1.807) is 11.8 Å². The highest BCUT2D eigenvalue weighted by molar-refractivity contribution is 8.01. The first-order valence-electron chi connectivity index (χ1n) is 8.13. The molecule has 3 aliphatic rings. The SMILES string of the molecule is Cc1nnc2n1C[C@H](NC(=O)[C@H]1CS[C@@]3(C)CCC(=O)N13)CC2. The molecule has 4 heterocycles. The smallest absolute Gasteiger partial charge is 0.243 e. The number of hydrogen-bond donors (Lipinski definition) is 1. The predicted octanol–water partition coefficient (Wildman–Crippen LogP) is 0.472. The fourth-order valence-electron chi connectivity index (χ4n) is 3.89. The minimum absolute atomic E-state index is 0.0179. The van der Waals surface area contributed by atoms with E-state index >= 15 is 0 Å². The maximum Gasteiger partial charge on any atom is 0.243 e. The molecule has 4 rings (SSSR count). The molecule has 0 aromatic carbocycles. The van der Waals surface area contributed by atoms with Gasteiger partial charge in [0, 0.05) is 31.2 Å². The van der Waals surface area contributed by atoms with Gasteiger partial charge in [0.25, 0.3) is 0 Å². The van der Waals surface area contributed by atoms with Gasteiger partial charge in [-0.05, 0) is 26.7 Å². The van der Waals surface area contributed by atoms with Crippen molar-refractivity contribution in [2.24, 2.45) is 0 Å². The molecule has 7 nitrogen and oxygen atoms in total. The lowest BCUT2D eigenvalue weighted by molar-refractivity contribution is -0.138. The monoisotopic (exact) mass is 335 g/mol. The Hall–Kier alpha value is -1.57. The summed E-state index contributed by atoms with van der Waals surface area (Å²) in [6.07, 6.45) is 3.09. The second-order valence-electron chi connectivity index (χ2n) is 6.78. The molecule has 2 fully saturated rings. The van der Waals surface area contributed by atoms with E-state index in [4.69, 9.17) is 0 Å². The van der Waals surface area contributed by atoms with Crippen molar-refractivity contribution in [3.8, 4) is 0 Å². The van der Waals surface area contributed by atoms with Crippen LogP contribution in [0.2, 0.25) is 0 Å². The van der Waals surface area contributed by atoms with E-state index in [1.807, 2.05) is 11.8 Å². The average molecular weight is 335 g/mol. The Morgan fingerprint density at radius 1 is 1.39 bits per heavy atom. The van der Waals surface area contributed by atoms with Crippen LogP contribution in [0.1, 0.15) is 37.8 Å². The minimum atomic E-state index is -0.330. The summed E-state index contributed by atoms with van der Waals surface area (Å²) in [4.78, 5) is 26.5. The van der Waals surface area contributed by atoms with Gasteiger partial charge in [-0.3, -0.25) is 9.59 Å². The molecule has 8 heteroatoms. The van der Waals surface area contributed by atoms with Crippen LogP contribution in [0.15, 0.2) is 0 Å². The lowest BCUT2D eigenvalue weighted by Crippen LogP contribution is -2.53. The number of nitrogens with zero attached hydrogens (tertiary/aromatic N) is 4. The summed E-state index contributed by atoms with van der Waals surface area (Å²) in [7, 11) is 0. The maximum absolute atomic E-state index is 12.7. The predicted molar refractivity (Wildman–Crippen MR) is 85.7 cm³/mol. The van der Waals surface area contributed by atoms with Gasteiger partial charge in [0.05, 0.1) is 4.87 Å². The highest BCUT2D eigenvalue weighted by Crippen LogP contribution is 2.47. The summed E-state index contributed by atoms with van der Waals surface area (Å²) < 4.78 is 2.07. The number of aryl methyl sites for hydroxylation is 2. The number of hydrogen-bond acceptors (Lipinski definition) is 5. The molecule has 0 spiro atoms. The van der Waals surface area contributed by atoms with Crippen LogP contribution in [0.3, 0.4) is 0 Å². The Bertz CT molecular complexity index is 675. The molecule has 0 radical (unpaired) electrons. The standard InChI is InChI=1S/C15H21N5O2S/c1-9-17-18-12-4-3-10(7-19(9)12)16-14(22)11-8-23-15(2)6-5-13(21)20(11)15/h10-11H,3-8H2,1-2H3,(H,16,22)/t10-,11-,15+/m1/s1. The maximum atomic E-state index is 12.7. The molecule has 23 heavy (non-hydrogen) atoms. The lowest BCUT2D eigenvalue weighted by atomic mass is 10.1. The van der Waals surface area contributed by atoms with Crippen LogP contribution in [-0.2, 0) is 22.6 Å². The van der Waals surface area contributed by atoms with E-state index in [0.29, 0.717) is 18.7 Å². The fraction of sp³-hybridized carbons (Fsp3) is 0.733. The molecule has 1 aromatic rings. The first kappa shape index (κ1) is 15.0. The summed E-state index contributed by atoms with van der Waals surface area (Å²) in [5.74, 6) is 2.66. The van der Waals surface area contributed by atoms with E-state index in [2.05, 4.69) is 27.0 Å². The van der Waals surface area contributed by atoms with Crippen LogP contribution in [-0.4, -0.2) is 54.2 Å². The summed E-state index contributed by atoms with van der Waals surface area (Å²) in [5, 5.41) is 11.4. The zero-order valence-corrected chi connectivity index (χ0v) is 14.2. The topological polar surface area (TPSA) is 80.1 Å². The Labute approximate surface area is 139 Å². The van der Waals surface area contributed by atoms with Crippen LogP contribution in [0.4, 0.5) is 0 Å². The van der Waals surface area contributed by atoms with Gasteiger partial charge < -0.3 is 14.8 Å². The molecule has 124 valence electrons. The van der Waals surface area contributed by atoms with Gasteiger partial charge in [-0.25, -0.2) is 0 Å². The zero-order valence-electron chi connectivity index (χ0n) is 13.4. The lowest BCUT2D eigenvalue weighted by Gasteiger charge is -2.31. The molecule has 3 aliphatic heterocycles. The van der Waals surface area contributed by atoms with E-state index in [-0.39, 0.29) is 28.8 Å². The summed E-state index contributed by atoms with van der Waals surface area (Å²) in [6, 6.07) is -0.248. The minimum Gasteiger partial charge on any atom is -0.350 e. The van der Waals surface area contributed by atoms with E-state index in [9.17, 15) is 9.59 Å². The summed E-state index contributed by atoms with van der Waals surface area (Å²) >= 11 is 1.73. The summed E-state index contributed by atoms with van der Waals surface area (Å²) in [5.41, 5.74) is 0. The van der Waals surface area contributed by atoms with Crippen molar-refractivity contribution in [3.63, 3.8) is 0 Å². The van der Waals surface area contributed by atoms with Crippen molar-refractivity contribution in [2.75, 3.05) is 5.75 Å². The first-order chi connectivity index (χ1) is 11.0. The number of aromatic nitrogens is 3. The molecular weight excluding hydrogens is 314 g/mol. The molecule has 1 aromatic heterocycles. The quantitative estimate of drug-likeness (QED) is 0.850. The third-order valence-corrected chi connectivity index (χ3v) is 6.73. The molecule has 2 amide bonds. The Kier molecular flexibility index (Phi) is 3.40. The molecule has 3 atom stereocenters. The second-order valence-corrected chi connectivity index (χ2v) is 8.29. The van der Waals surface area contributed by atoms with Crippen molar-refractivity contribution in [1.82, 2.24) is 25.0 Å². The van der Waals surface area contributed by atoms with Gasteiger partial charge in [0.1, 0.15) is 17.7 Å². The van der Waals surface area contributed by atoms with Gasteiger partial charge in [-0.15, -0.1) is 22.0 Å². The first-order valence-corrected chi connectivity index (χ1v) is 9.12. The number of nitrogens with one attached hydrogen (secondary N) is 1. The van der Waals surface area contributed by atoms with Gasteiger partial charge in [-0.2, -0.15) is 0 Å². The highest BCUT2D eigenvalue weighted by Gasteiger charge is 2.53. The van der Waals surface area contributed by atoms with Crippen molar-refractivity contribution in [3.05, 3.63) is 11.6 Å². The van der Waals surface area contributed by atoms with Crippen LogP contribution in [0, 0.1) is 6.92 Å². The Morgan fingerprint density at radius 2 is 2.22 bits per heavy atom. The number of carbonyl (C=O) groups is 2. The second kappa shape index (κ2) is 5.22.